The molecular formula is C16H12N2O2. The molecule has 0 spiro atoms. The van der Waals surface area contributed by atoms with E-state index in [4.69, 9.17) is 0 Å². The van der Waals surface area contributed by atoms with Crippen molar-refractivity contribution in [2.75, 3.05) is 0 Å². The van der Waals surface area contributed by atoms with Gasteiger partial charge in [-0.05, 0) is 24.3 Å². The minimum atomic E-state index is -0.246. The van der Waals surface area contributed by atoms with Gasteiger partial charge in [-0.2, -0.15) is 0 Å². The van der Waals surface area contributed by atoms with Gasteiger partial charge in [-0.1, -0.05) is 30.3 Å². The third kappa shape index (κ3) is 1.91. The maximum absolute atomic E-state index is 12.6. The largest absolute Gasteiger partial charge is 0.291 e. The Morgan fingerprint density at radius 2 is 1.60 bits per heavy atom. The number of fused-ring (bicyclic) bond motifs is 1. The zero-order valence-electron chi connectivity index (χ0n) is 10.9. The van der Waals surface area contributed by atoms with Crippen molar-refractivity contribution in [2.45, 2.75) is 6.92 Å². The number of hydrogen-bond acceptors (Lipinski definition) is 3. The predicted molar refractivity (Wildman–Crippen MR) is 75.9 cm³/mol. The number of benzene rings is 2. The third-order valence-electron chi connectivity index (χ3n) is 3.10. The zero-order chi connectivity index (χ0) is 14.1. The fourth-order valence-corrected chi connectivity index (χ4v) is 2.18. The zero-order valence-corrected chi connectivity index (χ0v) is 10.9. The average molecular weight is 264 g/mol. The molecule has 3 rings (SSSR count). The summed E-state index contributed by atoms with van der Waals surface area (Å²) in [6, 6.07) is 16.1. The summed E-state index contributed by atoms with van der Waals surface area (Å²) < 4.78 is 1.38. The maximum atomic E-state index is 12.6. The van der Waals surface area contributed by atoms with Crippen LogP contribution in [-0.2, 0) is 0 Å². The minimum Gasteiger partial charge on any atom is -0.291 e. The van der Waals surface area contributed by atoms with Crippen LogP contribution in [-0.4, -0.2) is 21.2 Å². The monoisotopic (exact) mass is 264 g/mol. The number of carbonyl (C=O) groups excluding carboxylic acids is 2. The minimum absolute atomic E-state index is 0.167. The van der Waals surface area contributed by atoms with Gasteiger partial charge >= 0.3 is 0 Å². The number of carbonyl (C=O) groups is 2. The summed E-state index contributed by atoms with van der Waals surface area (Å²) in [6.45, 7) is 1.41. The number of hydrogen-bond donors (Lipinski definition) is 0. The molecule has 4 heteroatoms. The molecule has 0 N–H and O–H groups in total. The molecule has 0 bridgehead atoms. The van der Waals surface area contributed by atoms with E-state index in [1.54, 1.807) is 36.4 Å². The molecular weight excluding hydrogens is 252 g/mol. The Bertz CT molecular complexity index is 804. The van der Waals surface area contributed by atoms with E-state index in [9.17, 15) is 9.59 Å². The van der Waals surface area contributed by atoms with Crippen LogP contribution in [0.2, 0.25) is 0 Å². The van der Waals surface area contributed by atoms with Gasteiger partial charge in [0.2, 0.25) is 0 Å². The highest BCUT2D eigenvalue weighted by Crippen LogP contribution is 2.18. The van der Waals surface area contributed by atoms with Crippen LogP contribution >= 0.6 is 0 Å². The highest BCUT2D eigenvalue weighted by atomic mass is 16.2. The van der Waals surface area contributed by atoms with Crippen molar-refractivity contribution in [2.24, 2.45) is 0 Å². The lowest BCUT2D eigenvalue weighted by molar-refractivity contribution is 0.0928. The summed E-state index contributed by atoms with van der Waals surface area (Å²) in [4.78, 5) is 28.6. The highest BCUT2D eigenvalue weighted by Gasteiger charge is 2.20. The lowest BCUT2D eigenvalue weighted by Gasteiger charge is -2.05. The summed E-state index contributed by atoms with van der Waals surface area (Å²) in [5, 5.41) is 0. The van der Waals surface area contributed by atoms with Crippen molar-refractivity contribution in [3.8, 4) is 0 Å². The fourth-order valence-electron chi connectivity index (χ4n) is 2.18. The number of ketones is 1. The third-order valence-corrected chi connectivity index (χ3v) is 3.10. The number of aromatic nitrogens is 2. The smallest absolute Gasteiger partial charge is 0.264 e. The molecule has 0 unspecified atom stereocenters. The first-order chi connectivity index (χ1) is 9.68. The highest BCUT2D eigenvalue weighted by molar-refractivity contribution is 6.07. The molecule has 0 radical (unpaired) electrons. The first-order valence-corrected chi connectivity index (χ1v) is 6.26. The van der Waals surface area contributed by atoms with Crippen LogP contribution in [0.4, 0.5) is 0 Å². The van der Waals surface area contributed by atoms with Gasteiger partial charge in [0.1, 0.15) is 0 Å². The van der Waals surface area contributed by atoms with Crippen LogP contribution in [0.5, 0.6) is 0 Å². The van der Waals surface area contributed by atoms with Crippen LogP contribution in [0.15, 0.2) is 54.6 Å². The molecule has 0 aliphatic rings. The Morgan fingerprint density at radius 3 is 2.30 bits per heavy atom. The second kappa shape index (κ2) is 4.74. The number of Topliss-reactive ketones (excluding diaryl/α,β-unsaturated/α-hetero) is 1. The van der Waals surface area contributed by atoms with Gasteiger partial charge in [-0.15, -0.1) is 0 Å². The molecule has 98 valence electrons. The van der Waals surface area contributed by atoms with E-state index in [2.05, 4.69) is 4.98 Å². The maximum Gasteiger partial charge on any atom is 0.264 e. The Labute approximate surface area is 115 Å². The van der Waals surface area contributed by atoms with Gasteiger partial charge in [0.05, 0.1) is 11.0 Å². The predicted octanol–water partition coefficient (Wildman–Crippen LogP) is 2.93. The van der Waals surface area contributed by atoms with Crippen molar-refractivity contribution in [1.82, 2.24) is 9.55 Å². The lowest BCUT2D eigenvalue weighted by Crippen LogP contribution is -2.17. The second-order valence-electron chi connectivity index (χ2n) is 4.49. The van der Waals surface area contributed by atoms with E-state index >= 15 is 0 Å². The van der Waals surface area contributed by atoms with Crippen LogP contribution in [0.1, 0.15) is 27.9 Å². The number of rotatable bonds is 2. The molecule has 0 aliphatic heterocycles. The van der Waals surface area contributed by atoms with E-state index in [0.717, 1.165) is 0 Å². The van der Waals surface area contributed by atoms with E-state index in [0.29, 0.717) is 16.6 Å². The summed E-state index contributed by atoms with van der Waals surface area (Å²) in [5.74, 6) is -0.310. The molecule has 1 heterocycles. The molecule has 0 fully saturated rings. The standard InChI is InChI=1S/C16H12N2O2/c1-11(19)15-17-13-9-5-6-10-14(13)18(15)16(20)12-7-3-2-4-8-12/h2-10H,1H3. The summed E-state index contributed by atoms with van der Waals surface area (Å²) >= 11 is 0. The Kier molecular flexibility index (Phi) is 2.91. The first kappa shape index (κ1) is 12.3. The summed E-state index contributed by atoms with van der Waals surface area (Å²) in [6.07, 6.45) is 0. The van der Waals surface area contributed by atoms with Crippen LogP contribution in [0, 0.1) is 0 Å². The molecule has 0 aliphatic carbocycles. The van der Waals surface area contributed by atoms with Crippen molar-refractivity contribution >= 4 is 22.7 Å². The van der Waals surface area contributed by atoms with Crippen molar-refractivity contribution < 1.29 is 9.59 Å². The van der Waals surface area contributed by atoms with Gasteiger partial charge in [0.15, 0.2) is 11.6 Å². The van der Waals surface area contributed by atoms with E-state index < -0.39 is 0 Å². The Morgan fingerprint density at radius 1 is 0.950 bits per heavy atom. The number of para-hydroxylation sites is 2. The normalized spacial score (nSPS) is 10.7. The SMILES string of the molecule is CC(=O)c1nc2ccccc2n1C(=O)c1ccccc1. The summed E-state index contributed by atoms with van der Waals surface area (Å²) in [7, 11) is 0. The second-order valence-corrected chi connectivity index (χ2v) is 4.49. The van der Waals surface area contributed by atoms with E-state index in [-0.39, 0.29) is 17.5 Å². The Balaban J connectivity index is 2.27. The topological polar surface area (TPSA) is 52.0 Å². The molecule has 0 atom stereocenters. The quantitative estimate of drug-likeness (QED) is 0.669. The Hall–Kier alpha value is -2.75. The molecule has 1 aromatic heterocycles. The molecule has 3 aromatic rings. The molecule has 0 saturated heterocycles. The molecule has 2 aromatic carbocycles. The van der Waals surface area contributed by atoms with E-state index in [1.165, 1.54) is 11.5 Å². The first-order valence-electron chi connectivity index (χ1n) is 6.26. The molecule has 4 nitrogen and oxygen atoms in total. The van der Waals surface area contributed by atoms with Crippen LogP contribution in [0.25, 0.3) is 11.0 Å². The summed E-state index contributed by atoms with van der Waals surface area (Å²) in [5.41, 5.74) is 1.81. The van der Waals surface area contributed by atoms with Gasteiger partial charge in [-0.3, -0.25) is 14.2 Å². The van der Waals surface area contributed by atoms with Crippen LogP contribution in [0.3, 0.4) is 0 Å². The molecule has 20 heavy (non-hydrogen) atoms. The van der Waals surface area contributed by atoms with Crippen molar-refractivity contribution in [3.05, 3.63) is 66.0 Å². The lowest BCUT2D eigenvalue weighted by atomic mass is 10.2. The van der Waals surface area contributed by atoms with Crippen molar-refractivity contribution in [3.63, 3.8) is 0 Å². The number of nitrogens with zero attached hydrogens (tertiary/aromatic N) is 2. The van der Waals surface area contributed by atoms with Crippen molar-refractivity contribution in [1.29, 1.82) is 0 Å². The average Bonchev–Trinajstić information content (AvgIpc) is 2.87. The number of imidazole rings is 1. The van der Waals surface area contributed by atoms with Gasteiger partial charge in [0, 0.05) is 12.5 Å². The van der Waals surface area contributed by atoms with Gasteiger partial charge in [0.25, 0.3) is 5.91 Å². The molecule has 0 saturated carbocycles. The van der Waals surface area contributed by atoms with Gasteiger partial charge < -0.3 is 0 Å². The fraction of sp³-hybridized carbons (Fsp3) is 0.0625. The molecule has 0 amide bonds. The van der Waals surface area contributed by atoms with Gasteiger partial charge in [-0.25, -0.2) is 4.98 Å². The van der Waals surface area contributed by atoms with E-state index in [1.807, 2.05) is 18.2 Å². The van der Waals surface area contributed by atoms with Crippen LogP contribution < -0.4 is 0 Å².